The molecule has 0 unspecified atom stereocenters. The molecule has 3 nitrogen and oxygen atoms in total. The van der Waals surface area contributed by atoms with Crippen molar-refractivity contribution >= 4 is 12.0 Å². The molecule has 0 radical (unpaired) electrons. The van der Waals surface area contributed by atoms with E-state index in [4.69, 9.17) is 4.74 Å². The minimum Gasteiger partial charge on any atom is -0.375 e. The largest absolute Gasteiger partial charge is 0.375 e. The Labute approximate surface area is 125 Å². The highest BCUT2D eigenvalue weighted by Gasteiger charge is 2.10. The van der Waals surface area contributed by atoms with Crippen molar-refractivity contribution in [3.63, 3.8) is 0 Å². The van der Waals surface area contributed by atoms with Gasteiger partial charge in [0, 0.05) is 19.7 Å². The number of methoxy groups -OCH3 is 1. The third-order valence-electron chi connectivity index (χ3n) is 3.14. The van der Waals surface area contributed by atoms with E-state index < -0.39 is 0 Å². The summed E-state index contributed by atoms with van der Waals surface area (Å²) >= 11 is 0. The number of hydrogen-bond acceptors (Lipinski definition) is 2. The van der Waals surface area contributed by atoms with Gasteiger partial charge in [0.25, 0.3) is 0 Å². The fraction of sp³-hybridized carbons (Fsp3) is 0.167. The second kappa shape index (κ2) is 8.02. The lowest BCUT2D eigenvalue weighted by atomic mass is 10.1. The van der Waals surface area contributed by atoms with Crippen LogP contribution in [0.15, 0.2) is 66.7 Å². The van der Waals surface area contributed by atoms with Crippen molar-refractivity contribution in [1.82, 2.24) is 5.32 Å². The van der Waals surface area contributed by atoms with Crippen molar-refractivity contribution in [3.8, 4) is 0 Å². The van der Waals surface area contributed by atoms with Gasteiger partial charge in [-0.25, -0.2) is 0 Å². The number of nitrogens with one attached hydrogen (secondary N) is 1. The van der Waals surface area contributed by atoms with Crippen molar-refractivity contribution in [1.29, 1.82) is 0 Å². The Hall–Kier alpha value is -2.39. The lowest BCUT2D eigenvalue weighted by molar-refractivity contribution is -0.117. The SMILES string of the molecule is CO[C@H](CNC(=O)/C=C/c1ccccc1)c1ccccc1. The highest BCUT2D eigenvalue weighted by atomic mass is 16.5. The maximum atomic E-state index is 11.8. The smallest absolute Gasteiger partial charge is 0.244 e. The van der Waals surface area contributed by atoms with E-state index in [0.29, 0.717) is 6.54 Å². The zero-order valence-corrected chi connectivity index (χ0v) is 12.0. The molecule has 2 aromatic carbocycles. The topological polar surface area (TPSA) is 38.3 Å². The van der Waals surface area contributed by atoms with Gasteiger partial charge in [-0.2, -0.15) is 0 Å². The van der Waals surface area contributed by atoms with E-state index in [2.05, 4.69) is 5.32 Å². The Morgan fingerprint density at radius 1 is 1.10 bits per heavy atom. The number of ether oxygens (including phenoxy) is 1. The van der Waals surface area contributed by atoms with Crippen LogP contribution in [0.2, 0.25) is 0 Å². The van der Waals surface area contributed by atoms with Gasteiger partial charge >= 0.3 is 0 Å². The molecule has 0 bridgehead atoms. The third kappa shape index (κ3) is 4.89. The fourth-order valence-corrected chi connectivity index (χ4v) is 1.99. The molecule has 0 aromatic heterocycles. The number of hydrogen-bond donors (Lipinski definition) is 1. The van der Waals surface area contributed by atoms with Crippen LogP contribution in [-0.2, 0) is 9.53 Å². The van der Waals surface area contributed by atoms with Crippen molar-refractivity contribution in [3.05, 3.63) is 77.9 Å². The molecule has 1 amide bonds. The van der Waals surface area contributed by atoms with Crippen LogP contribution in [0.1, 0.15) is 17.2 Å². The van der Waals surface area contributed by atoms with Crippen LogP contribution >= 0.6 is 0 Å². The maximum Gasteiger partial charge on any atom is 0.244 e. The summed E-state index contributed by atoms with van der Waals surface area (Å²) in [5, 5.41) is 2.85. The number of carbonyl (C=O) groups is 1. The standard InChI is InChI=1S/C18H19NO2/c1-21-17(16-10-6-3-7-11-16)14-19-18(20)13-12-15-8-4-2-5-9-15/h2-13,17H,14H2,1H3,(H,19,20)/b13-12+/t17-/m1/s1. The molecule has 108 valence electrons. The van der Waals surface area contributed by atoms with Gasteiger partial charge in [0.15, 0.2) is 0 Å². The summed E-state index contributed by atoms with van der Waals surface area (Å²) in [6.07, 6.45) is 3.19. The van der Waals surface area contributed by atoms with E-state index >= 15 is 0 Å². The van der Waals surface area contributed by atoms with Gasteiger partial charge in [0.2, 0.25) is 5.91 Å². The van der Waals surface area contributed by atoms with Gasteiger partial charge in [-0.05, 0) is 17.2 Å². The van der Waals surface area contributed by atoms with Crippen LogP contribution in [0, 0.1) is 0 Å². The van der Waals surface area contributed by atoms with Crippen LogP contribution < -0.4 is 5.32 Å². The van der Waals surface area contributed by atoms with Gasteiger partial charge in [0.1, 0.15) is 0 Å². The van der Waals surface area contributed by atoms with Crippen molar-refractivity contribution in [2.24, 2.45) is 0 Å². The predicted molar refractivity (Wildman–Crippen MR) is 84.7 cm³/mol. The second-order valence-electron chi connectivity index (χ2n) is 4.62. The summed E-state index contributed by atoms with van der Waals surface area (Å²) in [7, 11) is 1.64. The Morgan fingerprint density at radius 2 is 1.71 bits per heavy atom. The maximum absolute atomic E-state index is 11.8. The Kier molecular flexibility index (Phi) is 5.73. The van der Waals surface area contributed by atoms with Crippen LogP contribution in [0.3, 0.4) is 0 Å². The predicted octanol–water partition coefficient (Wildman–Crippen LogP) is 3.20. The summed E-state index contributed by atoms with van der Waals surface area (Å²) in [5.74, 6) is -0.128. The molecule has 0 aliphatic rings. The van der Waals surface area contributed by atoms with Crippen LogP contribution in [0.4, 0.5) is 0 Å². The van der Waals surface area contributed by atoms with E-state index in [1.165, 1.54) is 6.08 Å². The molecule has 0 spiro atoms. The number of benzene rings is 2. The zero-order valence-electron chi connectivity index (χ0n) is 12.0. The van der Waals surface area contributed by atoms with E-state index in [-0.39, 0.29) is 12.0 Å². The van der Waals surface area contributed by atoms with Crippen LogP contribution in [-0.4, -0.2) is 19.6 Å². The average molecular weight is 281 g/mol. The average Bonchev–Trinajstić information content (AvgIpc) is 2.55. The number of rotatable bonds is 6. The van der Waals surface area contributed by atoms with Crippen LogP contribution in [0.25, 0.3) is 6.08 Å². The first kappa shape index (κ1) is 15.0. The van der Waals surface area contributed by atoms with E-state index in [9.17, 15) is 4.79 Å². The monoisotopic (exact) mass is 281 g/mol. The Bertz CT molecular complexity index is 579. The van der Waals surface area contributed by atoms with E-state index in [1.54, 1.807) is 13.2 Å². The fourth-order valence-electron chi connectivity index (χ4n) is 1.99. The quantitative estimate of drug-likeness (QED) is 0.826. The molecule has 0 saturated heterocycles. The van der Waals surface area contributed by atoms with Crippen LogP contribution in [0.5, 0.6) is 0 Å². The third-order valence-corrected chi connectivity index (χ3v) is 3.14. The van der Waals surface area contributed by atoms with Crippen molar-refractivity contribution < 1.29 is 9.53 Å². The molecule has 0 saturated carbocycles. The van der Waals surface area contributed by atoms with E-state index in [0.717, 1.165) is 11.1 Å². The van der Waals surface area contributed by atoms with Gasteiger partial charge in [-0.15, -0.1) is 0 Å². The molecule has 0 heterocycles. The molecule has 2 rings (SSSR count). The summed E-state index contributed by atoms with van der Waals surface area (Å²) in [4.78, 5) is 11.8. The molecule has 0 aliphatic heterocycles. The highest BCUT2D eigenvalue weighted by Crippen LogP contribution is 2.14. The van der Waals surface area contributed by atoms with Gasteiger partial charge in [-0.1, -0.05) is 60.7 Å². The number of carbonyl (C=O) groups excluding carboxylic acids is 1. The van der Waals surface area contributed by atoms with Crippen molar-refractivity contribution in [2.75, 3.05) is 13.7 Å². The Morgan fingerprint density at radius 3 is 2.33 bits per heavy atom. The first-order valence-electron chi connectivity index (χ1n) is 6.88. The molecule has 0 aliphatic carbocycles. The minimum absolute atomic E-state index is 0.128. The molecule has 1 N–H and O–H groups in total. The summed E-state index contributed by atoms with van der Waals surface area (Å²) in [6, 6.07) is 19.6. The molecule has 2 aromatic rings. The van der Waals surface area contributed by atoms with Gasteiger partial charge < -0.3 is 10.1 Å². The van der Waals surface area contributed by atoms with Gasteiger partial charge in [0.05, 0.1) is 6.10 Å². The molecular formula is C18H19NO2. The summed E-state index contributed by atoms with van der Waals surface area (Å²) < 4.78 is 5.41. The van der Waals surface area contributed by atoms with E-state index in [1.807, 2.05) is 60.7 Å². The molecule has 1 atom stereocenters. The first-order chi connectivity index (χ1) is 10.3. The summed E-state index contributed by atoms with van der Waals surface area (Å²) in [6.45, 7) is 0.443. The molecule has 21 heavy (non-hydrogen) atoms. The zero-order chi connectivity index (χ0) is 14.9. The lowest BCUT2D eigenvalue weighted by Crippen LogP contribution is -2.27. The number of amides is 1. The first-order valence-corrected chi connectivity index (χ1v) is 6.88. The minimum atomic E-state index is -0.139. The second-order valence-corrected chi connectivity index (χ2v) is 4.62. The summed E-state index contributed by atoms with van der Waals surface area (Å²) in [5.41, 5.74) is 2.05. The van der Waals surface area contributed by atoms with Gasteiger partial charge in [-0.3, -0.25) is 4.79 Å². The molecular weight excluding hydrogens is 262 g/mol. The molecule has 0 fully saturated rings. The Balaban J connectivity index is 1.87. The highest BCUT2D eigenvalue weighted by molar-refractivity contribution is 5.91. The van der Waals surface area contributed by atoms with Crippen molar-refractivity contribution in [2.45, 2.75) is 6.10 Å². The normalized spacial score (nSPS) is 12.2. The molecule has 3 heteroatoms. The lowest BCUT2D eigenvalue weighted by Gasteiger charge is -2.15.